The Hall–Kier alpha value is -2.32. The van der Waals surface area contributed by atoms with Crippen LogP contribution in [0.3, 0.4) is 0 Å². The fourth-order valence-corrected chi connectivity index (χ4v) is 4.98. The van der Waals surface area contributed by atoms with E-state index in [-0.39, 0.29) is 36.8 Å². The number of carbonyl (C=O) groups excluding carboxylic acids is 2. The fraction of sp³-hybridized carbons (Fsp3) is 0.714. The number of amides is 2. The lowest BCUT2D eigenvalue weighted by molar-refractivity contribution is -0.128. The van der Waals surface area contributed by atoms with E-state index in [1.54, 1.807) is 6.92 Å². The molecule has 3 atom stereocenters. The predicted molar refractivity (Wildman–Crippen MR) is 142 cm³/mol. The van der Waals surface area contributed by atoms with Gasteiger partial charge in [0.2, 0.25) is 11.8 Å². The van der Waals surface area contributed by atoms with Crippen LogP contribution >= 0.6 is 0 Å². The number of benzene rings is 1. The smallest absolute Gasteiger partial charge is 0.242 e. The Labute approximate surface area is 216 Å². The molecule has 0 saturated heterocycles. The van der Waals surface area contributed by atoms with Crippen molar-refractivity contribution >= 4 is 11.8 Å². The van der Waals surface area contributed by atoms with Crippen molar-refractivity contribution < 1.29 is 24.5 Å². The number of ether oxygens (including phenoxy) is 1. The summed E-state index contributed by atoms with van der Waals surface area (Å²) >= 11 is 0. The van der Waals surface area contributed by atoms with Crippen molar-refractivity contribution in [2.45, 2.75) is 110 Å². The summed E-state index contributed by atoms with van der Waals surface area (Å²) in [6.45, 7) is 5.91. The second-order valence-corrected chi connectivity index (χ2v) is 10.1. The molecule has 2 amide bonds. The van der Waals surface area contributed by atoms with Crippen LogP contribution in [0.25, 0.3) is 0 Å². The number of aromatic hydroxyl groups is 1. The van der Waals surface area contributed by atoms with Crippen LogP contribution in [0.15, 0.2) is 6.07 Å². The highest BCUT2D eigenvalue weighted by molar-refractivity contribution is 5.87. The number of nitrogens with one attached hydrogen (secondary N) is 3. The monoisotopic (exact) mass is 505 g/mol. The maximum atomic E-state index is 12.7. The fourth-order valence-electron chi connectivity index (χ4n) is 4.98. The average Bonchev–Trinajstić information content (AvgIpc) is 2.85. The van der Waals surface area contributed by atoms with Crippen LogP contribution < -0.4 is 20.7 Å². The molecule has 5 N–H and O–H groups in total. The largest absolute Gasteiger partial charge is 0.504 e. The maximum Gasteiger partial charge on any atom is 0.242 e. The van der Waals surface area contributed by atoms with E-state index in [9.17, 15) is 19.8 Å². The van der Waals surface area contributed by atoms with E-state index in [1.807, 2.05) is 13.0 Å². The van der Waals surface area contributed by atoms with Crippen LogP contribution in [-0.4, -0.2) is 54.4 Å². The van der Waals surface area contributed by atoms with E-state index >= 15 is 0 Å². The van der Waals surface area contributed by atoms with Gasteiger partial charge < -0.3 is 30.9 Å². The van der Waals surface area contributed by atoms with Gasteiger partial charge in [-0.1, -0.05) is 64.4 Å². The van der Waals surface area contributed by atoms with Gasteiger partial charge in [-0.3, -0.25) is 9.59 Å². The molecule has 0 aliphatic carbocycles. The first kappa shape index (κ1) is 29.9. The molecule has 1 aliphatic rings. The Bertz CT molecular complexity index is 845. The third-order valence-electron chi connectivity index (χ3n) is 7.00. The first-order valence-electron chi connectivity index (χ1n) is 13.7. The molecule has 0 aromatic heterocycles. The van der Waals surface area contributed by atoms with E-state index in [4.69, 9.17) is 4.74 Å². The summed E-state index contributed by atoms with van der Waals surface area (Å²) in [6, 6.07) is 0.727. The minimum atomic E-state index is -0.658. The zero-order valence-electron chi connectivity index (χ0n) is 22.6. The van der Waals surface area contributed by atoms with Gasteiger partial charge in [-0.15, -0.1) is 0 Å². The number of aryl methyl sites for hydroxylation is 1. The highest BCUT2D eigenvalue weighted by atomic mass is 16.5. The summed E-state index contributed by atoms with van der Waals surface area (Å²) < 4.78 is 5.36. The summed E-state index contributed by atoms with van der Waals surface area (Å²) in [6.07, 6.45) is 11.7. The van der Waals surface area contributed by atoms with Crippen LogP contribution in [-0.2, 0) is 16.0 Å². The zero-order chi connectivity index (χ0) is 26.5. The Morgan fingerprint density at radius 2 is 1.78 bits per heavy atom. The highest BCUT2D eigenvalue weighted by Crippen LogP contribution is 2.41. The Kier molecular flexibility index (Phi) is 13.1. The number of rotatable bonds is 16. The molecule has 8 heteroatoms. The molecule has 0 radical (unpaired) electrons. The molecule has 8 nitrogen and oxygen atoms in total. The zero-order valence-corrected chi connectivity index (χ0v) is 22.6. The minimum Gasteiger partial charge on any atom is -0.504 e. The molecule has 1 aromatic rings. The van der Waals surface area contributed by atoms with Crippen molar-refractivity contribution in [3.05, 3.63) is 22.8 Å². The van der Waals surface area contributed by atoms with Crippen molar-refractivity contribution in [3.8, 4) is 11.5 Å². The number of hydrogen-bond donors (Lipinski definition) is 5. The molecular weight excluding hydrogens is 458 g/mol. The lowest BCUT2D eigenvalue weighted by Crippen LogP contribution is -2.49. The summed E-state index contributed by atoms with van der Waals surface area (Å²) in [4.78, 5) is 25.0. The van der Waals surface area contributed by atoms with Gasteiger partial charge in [0.25, 0.3) is 0 Å². The molecule has 36 heavy (non-hydrogen) atoms. The van der Waals surface area contributed by atoms with Crippen LogP contribution in [0.4, 0.5) is 0 Å². The predicted octanol–water partition coefficient (Wildman–Crippen LogP) is 3.80. The number of aliphatic hydroxyl groups excluding tert-OH is 1. The van der Waals surface area contributed by atoms with E-state index in [1.165, 1.54) is 45.6 Å². The SMILES string of the molecule is CCCCCCCCCCCC(=O)N[C@@H](C)C(=O)NC[C@@H]1N[C@H](CO)Cc2cc(C)c(OC)c(O)c21. The lowest BCUT2D eigenvalue weighted by Gasteiger charge is -2.34. The Morgan fingerprint density at radius 1 is 1.14 bits per heavy atom. The van der Waals surface area contributed by atoms with E-state index < -0.39 is 12.1 Å². The van der Waals surface area contributed by atoms with E-state index in [0.717, 1.165) is 30.4 Å². The average molecular weight is 506 g/mol. The standard InChI is InChI=1S/C28H47N3O5/c1-5-6-7-8-9-10-11-12-13-14-24(33)30-20(3)28(35)29-17-23-25-21(16-22(18-32)31-23)15-19(2)27(36-4)26(25)34/h15,20,22-23,31-32,34H,5-14,16-18H2,1-4H3,(H,29,35)(H,30,33)/t20-,22-,23-/m0/s1. The first-order chi connectivity index (χ1) is 17.3. The normalized spacial score (nSPS) is 17.8. The maximum absolute atomic E-state index is 12.7. The Morgan fingerprint density at radius 3 is 2.39 bits per heavy atom. The number of unbranched alkanes of at least 4 members (excludes halogenated alkanes) is 8. The molecule has 0 bridgehead atoms. The summed E-state index contributed by atoms with van der Waals surface area (Å²) in [7, 11) is 1.51. The number of fused-ring (bicyclic) bond motifs is 1. The van der Waals surface area contributed by atoms with E-state index in [2.05, 4.69) is 22.9 Å². The summed E-state index contributed by atoms with van der Waals surface area (Å²) in [5.41, 5.74) is 2.41. The van der Waals surface area contributed by atoms with Gasteiger partial charge in [0, 0.05) is 24.6 Å². The molecule has 0 spiro atoms. The van der Waals surface area contributed by atoms with Gasteiger partial charge >= 0.3 is 0 Å². The molecule has 0 saturated carbocycles. The highest BCUT2D eigenvalue weighted by Gasteiger charge is 2.31. The van der Waals surface area contributed by atoms with Gasteiger partial charge in [0.05, 0.1) is 19.8 Å². The molecule has 1 aromatic carbocycles. The van der Waals surface area contributed by atoms with E-state index in [0.29, 0.717) is 24.2 Å². The van der Waals surface area contributed by atoms with Gasteiger partial charge in [0.15, 0.2) is 11.5 Å². The second kappa shape index (κ2) is 15.7. The molecule has 204 valence electrons. The number of methoxy groups -OCH3 is 1. The first-order valence-corrected chi connectivity index (χ1v) is 13.7. The Balaban J connectivity index is 1.79. The topological polar surface area (TPSA) is 120 Å². The third-order valence-corrected chi connectivity index (χ3v) is 7.00. The second-order valence-electron chi connectivity index (χ2n) is 10.1. The van der Waals surface area contributed by atoms with Gasteiger partial charge in [0.1, 0.15) is 6.04 Å². The quantitative estimate of drug-likeness (QED) is 0.218. The number of aliphatic hydroxyl groups is 1. The van der Waals surface area contributed by atoms with Crippen LogP contribution in [0.2, 0.25) is 0 Å². The third kappa shape index (κ3) is 8.96. The van der Waals surface area contributed by atoms with Gasteiger partial charge in [-0.2, -0.15) is 0 Å². The number of phenols is 1. The van der Waals surface area contributed by atoms with Crippen molar-refractivity contribution in [1.82, 2.24) is 16.0 Å². The number of hydrogen-bond acceptors (Lipinski definition) is 6. The summed E-state index contributed by atoms with van der Waals surface area (Å²) in [5, 5.41) is 29.5. The molecule has 1 heterocycles. The molecule has 0 fully saturated rings. The number of carbonyl (C=O) groups is 2. The van der Waals surface area contributed by atoms with Crippen molar-refractivity contribution in [3.63, 3.8) is 0 Å². The van der Waals surface area contributed by atoms with Crippen LogP contribution in [0, 0.1) is 6.92 Å². The van der Waals surface area contributed by atoms with Crippen molar-refractivity contribution in [1.29, 1.82) is 0 Å². The lowest BCUT2D eigenvalue weighted by atomic mass is 9.87. The summed E-state index contributed by atoms with van der Waals surface area (Å²) in [5.74, 6) is 0.0628. The molecule has 1 aliphatic heterocycles. The van der Waals surface area contributed by atoms with Gasteiger partial charge in [-0.25, -0.2) is 0 Å². The minimum absolute atomic E-state index is 0.0537. The molecule has 2 rings (SSSR count). The van der Waals surface area contributed by atoms with Crippen LogP contribution in [0.5, 0.6) is 11.5 Å². The van der Waals surface area contributed by atoms with Crippen molar-refractivity contribution in [2.24, 2.45) is 0 Å². The van der Waals surface area contributed by atoms with Crippen molar-refractivity contribution in [2.75, 3.05) is 20.3 Å². The van der Waals surface area contributed by atoms with Crippen LogP contribution in [0.1, 0.15) is 101 Å². The molecule has 0 unspecified atom stereocenters. The molecular formula is C28H47N3O5. The van der Waals surface area contributed by atoms with Gasteiger partial charge in [-0.05, 0) is 37.8 Å². The number of phenolic OH excluding ortho intramolecular Hbond substituents is 1.